The van der Waals surface area contributed by atoms with Gasteiger partial charge in [-0.1, -0.05) is 19.3 Å². The van der Waals surface area contributed by atoms with Crippen molar-refractivity contribution >= 4 is 11.5 Å². The van der Waals surface area contributed by atoms with Gasteiger partial charge >= 0.3 is 0 Å². The lowest BCUT2D eigenvalue weighted by Crippen LogP contribution is -2.49. The molecule has 5 rings (SSSR count). The molecule has 0 radical (unpaired) electrons. The summed E-state index contributed by atoms with van der Waals surface area (Å²) >= 11 is 0. The van der Waals surface area contributed by atoms with E-state index in [0.717, 1.165) is 50.0 Å². The minimum Gasteiger partial charge on any atom is -0.370 e. The third kappa shape index (κ3) is 3.43. The van der Waals surface area contributed by atoms with E-state index in [1.165, 1.54) is 44.9 Å². The van der Waals surface area contributed by atoms with Crippen molar-refractivity contribution in [3.05, 3.63) is 18.2 Å². The summed E-state index contributed by atoms with van der Waals surface area (Å²) in [5, 5.41) is 4.53. The van der Waals surface area contributed by atoms with E-state index < -0.39 is 0 Å². The molecular weight excluding hydrogens is 340 g/mol. The smallest absolute Gasteiger partial charge is 0.176 e. The van der Waals surface area contributed by atoms with Crippen molar-refractivity contribution in [2.24, 2.45) is 0 Å². The Hall–Kier alpha value is -1.73. The van der Waals surface area contributed by atoms with E-state index in [0.29, 0.717) is 6.10 Å². The fraction of sp³-hybridized carbons (Fsp3) is 0.750. The highest BCUT2D eigenvalue weighted by atomic mass is 16.5. The van der Waals surface area contributed by atoms with E-state index in [1.807, 2.05) is 17.6 Å². The Labute approximate surface area is 160 Å². The minimum atomic E-state index is 0.233. The van der Waals surface area contributed by atoms with Gasteiger partial charge in [-0.25, -0.2) is 4.98 Å². The monoisotopic (exact) mass is 370 g/mol. The van der Waals surface area contributed by atoms with Gasteiger partial charge in [-0.3, -0.25) is 9.88 Å². The summed E-state index contributed by atoms with van der Waals surface area (Å²) in [6, 6.07) is 0. The summed E-state index contributed by atoms with van der Waals surface area (Å²) in [4.78, 5) is 13.7. The van der Waals surface area contributed by atoms with Crippen molar-refractivity contribution in [1.29, 1.82) is 0 Å². The van der Waals surface area contributed by atoms with Crippen LogP contribution < -0.4 is 4.90 Å². The third-order valence-corrected chi connectivity index (χ3v) is 6.60. The van der Waals surface area contributed by atoms with Crippen LogP contribution in [0.1, 0.15) is 50.8 Å². The predicted molar refractivity (Wildman–Crippen MR) is 104 cm³/mol. The Kier molecular flexibility index (Phi) is 4.52. The fourth-order valence-corrected chi connectivity index (χ4v) is 5.16. The first-order valence-corrected chi connectivity index (χ1v) is 10.5. The van der Waals surface area contributed by atoms with Crippen LogP contribution in [0.5, 0.6) is 0 Å². The molecule has 0 bridgehead atoms. The Balaban J connectivity index is 1.18. The van der Waals surface area contributed by atoms with Crippen molar-refractivity contribution in [2.75, 3.05) is 37.6 Å². The van der Waals surface area contributed by atoms with E-state index in [1.54, 1.807) is 6.20 Å². The molecule has 2 saturated heterocycles. The van der Waals surface area contributed by atoms with Crippen molar-refractivity contribution in [3.8, 4) is 0 Å². The molecule has 2 aromatic heterocycles. The number of aromatic nitrogens is 4. The number of fused-ring (bicyclic) bond motifs is 1. The number of ether oxygens (including phenoxy) is 1. The predicted octanol–water partition coefficient (Wildman–Crippen LogP) is 2.44. The van der Waals surface area contributed by atoms with Crippen LogP contribution in [0.3, 0.4) is 0 Å². The van der Waals surface area contributed by atoms with Crippen LogP contribution in [-0.4, -0.2) is 68.9 Å². The van der Waals surface area contributed by atoms with Crippen LogP contribution in [0.15, 0.2) is 12.4 Å². The van der Waals surface area contributed by atoms with Gasteiger partial charge in [-0.2, -0.15) is 4.52 Å². The first-order valence-electron chi connectivity index (χ1n) is 10.5. The fourth-order valence-electron chi connectivity index (χ4n) is 5.16. The Morgan fingerprint density at radius 2 is 1.89 bits per heavy atom. The zero-order valence-corrected chi connectivity index (χ0v) is 16.3. The molecule has 146 valence electrons. The molecule has 3 fully saturated rings. The zero-order chi connectivity index (χ0) is 18.3. The van der Waals surface area contributed by atoms with Gasteiger partial charge in [0.25, 0.3) is 0 Å². The summed E-state index contributed by atoms with van der Waals surface area (Å²) in [6.45, 7) is 7.14. The van der Waals surface area contributed by atoms with Gasteiger partial charge in [0.05, 0.1) is 24.1 Å². The van der Waals surface area contributed by atoms with Gasteiger partial charge in [0.1, 0.15) is 5.82 Å². The molecule has 1 saturated carbocycles. The van der Waals surface area contributed by atoms with Crippen molar-refractivity contribution in [1.82, 2.24) is 24.5 Å². The number of aryl methyl sites for hydroxylation is 1. The topological polar surface area (TPSA) is 58.8 Å². The second-order valence-corrected chi connectivity index (χ2v) is 8.50. The number of hydrogen-bond donors (Lipinski definition) is 0. The van der Waals surface area contributed by atoms with Gasteiger partial charge in [0.15, 0.2) is 11.5 Å². The lowest BCUT2D eigenvalue weighted by Gasteiger charge is -2.38. The summed E-state index contributed by atoms with van der Waals surface area (Å²) in [7, 11) is 0. The van der Waals surface area contributed by atoms with E-state index >= 15 is 0 Å². The molecule has 3 aliphatic rings. The van der Waals surface area contributed by atoms with E-state index in [4.69, 9.17) is 4.74 Å². The second-order valence-electron chi connectivity index (χ2n) is 8.50. The van der Waals surface area contributed by atoms with Crippen LogP contribution in [0.4, 0.5) is 5.82 Å². The standard InChI is InChI=1S/C20H30N6O/c1-16-22-18-13-21-14-19(26(18)23-16)25-11-9-24(10-12-25)15-17-5-8-20(27-17)6-3-2-4-7-20/h13-14,17H,2-12,15H2,1H3/t17-/m0/s1. The number of rotatable bonds is 3. The molecule has 0 N–H and O–H groups in total. The normalized spacial score (nSPS) is 26.3. The maximum Gasteiger partial charge on any atom is 0.176 e. The highest BCUT2D eigenvalue weighted by Crippen LogP contribution is 2.42. The summed E-state index contributed by atoms with van der Waals surface area (Å²) in [5.74, 6) is 1.84. The first kappa shape index (κ1) is 17.4. The van der Waals surface area contributed by atoms with Gasteiger partial charge in [0, 0.05) is 32.7 Å². The van der Waals surface area contributed by atoms with Gasteiger partial charge in [0.2, 0.25) is 0 Å². The largest absolute Gasteiger partial charge is 0.370 e. The van der Waals surface area contributed by atoms with Crippen LogP contribution in [0.25, 0.3) is 5.65 Å². The molecule has 1 aliphatic carbocycles. The number of hydrogen-bond acceptors (Lipinski definition) is 6. The van der Waals surface area contributed by atoms with Crippen molar-refractivity contribution in [3.63, 3.8) is 0 Å². The van der Waals surface area contributed by atoms with Crippen LogP contribution in [-0.2, 0) is 4.74 Å². The van der Waals surface area contributed by atoms with Crippen LogP contribution >= 0.6 is 0 Å². The van der Waals surface area contributed by atoms with Crippen molar-refractivity contribution in [2.45, 2.75) is 63.6 Å². The molecular formula is C20H30N6O. The molecule has 0 unspecified atom stereocenters. The van der Waals surface area contributed by atoms with Crippen LogP contribution in [0.2, 0.25) is 0 Å². The maximum atomic E-state index is 6.58. The molecule has 2 aliphatic heterocycles. The molecule has 7 nitrogen and oxygen atoms in total. The Bertz CT molecular complexity index is 791. The SMILES string of the molecule is Cc1nc2cncc(N3CCN(C[C@@H]4CCC5(CCCCC5)O4)CC3)n2n1. The number of nitrogens with zero attached hydrogens (tertiary/aromatic N) is 6. The van der Waals surface area contributed by atoms with Gasteiger partial charge in [-0.05, 0) is 32.6 Å². The number of piperazine rings is 1. The maximum absolute atomic E-state index is 6.58. The Morgan fingerprint density at radius 1 is 1.07 bits per heavy atom. The molecule has 7 heteroatoms. The molecule has 27 heavy (non-hydrogen) atoms. The highest BCUT2D eigenvalue weighted by Gasteiger charge is 2.41. The molecule has 1 spiro atoms. The highest BCUT2D eigenvalue weighted by molar-refractivity contribution is 5.47. The second kappa shape index (κ2) is 7.02. The summed E-state index contributed by atoms with van der Waals surface area (Å²) in [5.41, 5.74) is 1.06. The minimum absolute atomic E-state index is 0.233. The van der Waals surface area contributed by atoms with Crippen molar-refractivity contribution < 1.29 is 4.74 Å². The third-order valence-electron chi connectivity index (χ3n) is 6.60. The van der Waals surface area contributed by atoms with E-state index in [-0.39, 0.29) is 5.60 Å². The molecule has 0 aromatic carbocycles. The van der Waals surface area contributed by atoms with Gasteiger partial charge in [-0.15, -0.1) is 5.10 Å². The average molecular weight is 371 g/mol. The molecule has 1 atom stereocenters. The molecule has 2 aromatic rings. The Morgan fingerprint density at radius 3 is 2.70 bits per heavy atom. The van der Waals surface area contributed by atoms with E-state index in [2.05, 4.69) is 24.9 Å². The first-order chi connectivity index (χ1) is 13.2. The van der Waals surface area contributed by atoms with E-state index in [9.17, 15) is 0 Å². The average Bonchev–Trinajstić information content (AvgIpc) is 3.25. The summed E-state index contributed by atoms with van der Waals surface area (Å²) < 4.78 is 8.50. The number of anilines is 1. The zero-order valence-electron chi connectivity index (χ0n) is 16.3. The lowest BCUT2D eigenvalue weighted by atomic mass is 9.83. The van der Waals surface area contributed by atoms with Crippen LogP contribution in [0, 0.1) is 6.92 Å². The quantitative estimate of drug-likeness (QED) is 0.827. The van der Waals surface area contributed by atoms with Gasteiger partial charge < -0.3 is 9.64 Å². The summed E-state index contributed by atoms with van der Waals surface area (Å²) in [6.07, 6.45) is 13.3. The lowest BCUT2D eigenvalue weighted by molar-refractivity contribution is -0.0720. The molecule has 0 amide bonds. The molecule has 4 heterocycles.